The molecular weight excluding hydrogens is 420 g/mol. The zero-order valence-electron chi connectivity index (χ0n) is 17.9. The van der Waals surface area contributed by atoms with E-state index >= 15 is 0 Å². The van der Waals surface area contributed by atoms with Crippen LogP contribution in [0.15, 0.2) is 9.95 Å². The minimum atomic E-state index is -0.509. The molecule has 9 heteroatoms. The molecule has 0 spiro atoms. The second kappa shape index (κ2) is 10.4. The summed E-state index contributed by atoms with van der Waals surface area (Å²) in [7, 11) is 0. The van der Waals surface area contributed by atoms with Gasteiger partial charge in [-0.2, -0.15) is 0 Å². The third-order valence-electron chi connectivity index (χ3n) is 5.03. The normalized spacial score (nSPS) is 13.1. The number of nitrogens with zero attached hydrogens (tertiary/aromatic N) is 2. The first-order chi connectivity index (χ1) is 14.4. The topological polar surface area (TPSA) is 93.1 Å². The molecule has 0 aliphatic heterocycles. The number of aromatic nitrogens is 2. The predicted molar refractivity (Wildman–Crippen MR) is 123 cm³/mol. The quantitative estimate of drug-likeness (QED) is 0.344. The molecule has 2 N–H and O–H groups in total. The Morgan fingerprint density at radius 2 is 2.03 bits per heavy atom. The zero-order valence-corrected chi connectivity index (χ0v) is 19.5. The summed E-state index contributed by atoms with van der Waals surface area (Å²) >= 11 is 2.82. The van der Waals surface area contributed by atoms with Gasteiger partial charge in [0.15, 0.2) is 5.16 Å². The highest BCUT2D eigenvalue weighted by Gasteiger charge is 2.23. The van der Waals surface area contributed by atoms with Crippen LogP contribution >= 0.6 is 23.1 Å². The van der Waals surface area contributed by atoms with Gasteiger partial charge < -0.3 is 5.32 Å². The maximum absolute atomic E-state index is 13.3. The average molecular weight is 451 g/mol. The van der Waals surface area contributed by atoms with Crippen molar-refractivity contribution in [2.45, 2.75) is 83.5 Å². The Kier molecular flexibility index (Phi) is 7.93. The van der Waals surface area contributed by atoms with Gasteiger partial charge in [0.25, 0.3) is 5.56 Å². The molecule has 1 aliphatic carbocycles. The first-order valence-electron chi connectivity index (χ1n) is 10.7. The van der Waals surface area contributed by atoms with E-state index in [0.29, 0.717) is 11.7 Å². The maximum atomic E-state index is 13.3. The van der Waals surface area contributed by atoms with Crippen molar-refractivity contribution in [1.82, 2.24) is 20.2 Å². The van der Waals surface area contributed by atoms with Crippen molar-refractivity contribution in [3.05, 3.63) is 20.8 Å². The number of hydrogen-bond donors (Lipinski definition) is 2. The molecule has 2 aromatic heterocycles. The Balaban J connectivity index is 1.80. The fraction of sp³-hybridized carbons (Fsp3) is 0.619. The van der Waals surface area contributed by atoms with Crippen LogP contribution in [-0.4, -0.2) is 33.3 Å². The number of thiophene rings is 1. The van der Waals surface area contributed by atoms with Crippen molar-refractivity contribution in [3.63, 3.8) is 0 Å². The van der Waals surface area contributed by atoms with Gasteiger partial charge in [-0.3, -0.25) is 19.5 Å². The minimum absolute atomic E-state index is 0.0105. The lowest BCUT2D eigenvalue weighted by Gasteiger charge is -2.13. The number of nitrogens with one attached hydrogen (secondary N) is 2. The van der Waals surface area contributed by atoms with E-state index in [2.05, 4.69) is 17.6 Å². The summed E-state index contributed by atoms with van der Waals surface area (Å²) < 4.78 is 1.73. The third-order valence-corrected chi connectivity index (χ3v) is 7.19. The predicted octanol–water partition coefficient (Wildman–Crippen LogP) is 3.85. The molecule has 2 heterocycles. The van der Waals surface area contributed by atoms with Crippen LogP contribution < -0.4 is 16.2 Å². The molecule has 1 aliphatic rings. The standard InChI is InChI=1S/C21H30N4O3S2/c1-4-5-6-7-11-25-19(27)17-14-9-8-10-15(14)30-18(17)24-21(25)29-12-16(26)23-20(28)22-13(2)3/h13H,4-12H2,1-3H3,(H2,22,23,26,28). The van der Waals surface area contributed by atoms with E-state index in [1.807, 2.05) is 13.8 Å². The smallest absolute Gasteiger partial charge is 0.321 e. The first kappa shape index (κ1) is 22.8. The highest BCUT2D eigenvalue weighted by molar-refractivity contribution is 7.99. The van der Waals surface area contributed by atoms with Crippen LogP contribution in [-0.2, 0) is 24.2 Å². The number of amides is 3. The van der Waals surface area contributed by atoms with Crippen LogP contribution in [0.5, 0.6) is 0 Å². The number of fused-ring (bicyclic) bond motifs is 3. The number of rotatable bonds is 9. The molecule has 164 valence electrons. The number of urea groups is 1. The van der Waals surface area contributed by atoms with Crippen LogP contribution in [0.2, 0.25) is 0 Å². The van der Waals surface area contributed by atoms with Crippen molar-refractivity contribution in [1.29, 1.82) is 0 Å². The van der Waals surface area contributed by atoms with Crippen molar-refractivity contribution in [3.8, 4) is 0 Å². The lowest BCUT2D eigenvalue weighted by atomic mass is 10.2. The second-order valence-electron chi connectivity index (χ2n) is 7.91. The van der Waals surface area contributed by atoms with Gasteiger partial charge in [-0.25, -0.2) is 9.78 Å². The molecular formula is C21H30N4O3S2. The molecule has 0 saturated carbocycles. The number of carbonyl (C=O) groups is 2. The van der Waals surface area contributed by atoms with Gasteiger partial charge in [-0.1, -0.05) is 37.9 Å². The molecule has 0 fully saturated rings. The van der Waals surface area contributed by atoms with Crippen molar-refractivity contribution in [2.24, 2.45) is 0 Å². The number of hydrogen-bond acceptors (Lipinski definition) is 6. The van der Waals surface area contributed by atoms with E-state index in [-0.39, 0.29) is 17.4 Å². The monoisotopic (exact) mass is 450 g/mol. The zero-order chi connectivity index (χ0) is 21.7. The SMILES string of the molecule is CCCCCCn1c(SCC(=O)NC(=O)NC(C)C)nc2sc3c(c2c1=O)CCC3. The van der Waals surface area contributed by atoms with E-state index in [4.69, 9.17) is 4.98 Å². The van der Waals surface area contributed by atoms with Crippen LogP contribution in [0.3, 0.4) is 0 Å². The highest BCUT2D eigenvalue weighted by atomic mass is 32.2. The van der Waals surface area contributed by atoms with Crippen LogP contribution in [0.1, 0.15) is 63.3 Å². The van der Waals surface area contributed by atoms with Gasteiger partial charge in [0.05, 0.1) is 11.1 Å². The average Bonchev–Trinajstić information content (AvgIpc) is 3.25. The third kappa shape index (κ3) is 5.43. The molecule has 0 radical (unpaired) electrons. The Morgan fingerprint density at radius 3 is 2.77 bits per heavy atom. The van der Waals surface area contributed by atoms with Gasteiger partial charge in [-0.05, 0) is 45.1 Å². The minimum Gasteiger partial charge on any atom is -0.336 e. The molecule has 0 aromatic carbocycles. The number of thioether (sulfide) groups is 1. The molecule has 3 amide bonds. The number of unbranched alkanes of at least 4 members (excludes halogenated alkanes) is 3. The lowest BCUT2D eigenvalue weighted by Crippen LogP contribution is -2.43. The molecule has 0 atom stereocenters. The molecule has 0 unspecified atom stereocenters. The number of aryl methyl sites for hydroxylation is 2. The van der Waals surface area contributed by atoms with Gasteiger partial charge in [0.1, 0.15) is 4.83 Å². The Bertz CT molecular complexity index is 981. The molecule has 0 saturated heterocycles. The second-order valence-corrected chi connectivity index (χ2v) is 9.94. The Labute approximate surface area is 185 Å². The summed E-state index contributed by atoms with van der Waals surface area (Å²) in [6.45, 7) is 6.41. The maximum Gasteiger partial charge on any atom is 0.321 e. The van der Waals surface area contributed by atoms with Crippen molar-refractivity contribution in [2.75, 3.05) is 5.75 Å². The molecule has 7 nitrogen and oxygen atoms in total. The van der Waals surface area contributed by atoms with E-state index in [9.17, 15) is 14.4 Å². The highest BCUT2D eigenvalue weighted by Crippen LogP contribution is 2.35. The first-order valence-corrected chi connectivity index (χ1v) is 12.5. The lowest BCUT2D eigenvalue weighted by molar-refractivity contribution is -0.117. The van der Waals surface area contributed by atoms with E-state index in [1.165, 1.54) is 22.2 Å². The van der Waals surface area contributed by atoms with E-state index in [1.54, 1.807) is 15.9 Å². The Morgan fingerprint density at radius 1 is 1.23 bits per heavy atom. The summed E-state index contributed by atoms with van der Waals surface area (Å²) in [6, 6.07) is -0.561. The summed E-state index contributed by atoms with van der Waals surface area (Å²) in [5.41, 5.74) is 1.19. The van der Waals surface area contributed by atoms with E-state index < -0.39 is 11.9 Å². The van der Waals surface area contributed by atoms with Crippen molar-refractivity contribution < 1.29 is 9.59 Å². The fourth-order valence-electron chi connectivity index (χ4n) is 3.65. The van der Waals surface area contributed by atoms with E-state index in [0.717, 1.165) is 55.2 Å². The van der Waals surface area contributed by atoms with Gasteiger partial charge in [0, 0.05) is 17.5 Å². The Hall–Kier alpha value is -1.87. The molecule has 0 bridgehead atoms. The summed E-state index contributed by atoms with van der Waals surface area (Å²) in [4.78, 5) is 44.0. The number of imide groups is 1. The van der Waals surface area contributed by atoms with Crippen LogP contribution in [0.4, 0.5) is 4.79 Å². The largest absolute Gasteiger partial charge is 0.336 e. The summed E-state index contributed by atoms with van der Waals surface area (Å²) in [6.07, 6.45) is 7.29. The number of carbonyl (C=O) groups excluding carboxylic acids is 2. The summed E-state index contributed by atoms with van der Waals surface area (Å²) in [5.74, 6) is -0.373. The molecule has 2 aromatic rings. The van der Waals surface area contributed by atoms with Crippen molar-refractivity contribution >= 4 is 45.3 Å². The van der Waals surface area contributed by atoms with Crippen LogP contribution in [0.25, 0.3) is 10.2 Å². The molecule has 30 heavy (non-hydrogen) atoms. The van der Waals surface area contributed by atoms with Gasteiger partial charge >= 0.3 is 6.03 Å². The van der Waals surface area contributed by atoms with Gasteiger partial charge in [0.2, 0.25) is 5.91 Å². The van der Waals surface area contributed by atoms with Crippen LogP contribution in [0, 0.1) is 0 Å². The van der Waals surface area contributed by atoms with Gasteiger partial charge in [-0.15, -0.1) is 11.3 Å². The fourth-order valence-corrected chi connectivity index (χ4v) is 5.78. The summed E-state index contributed by atoms with van der Waals surface area (Å²) in [5, 5.41) is 6.28. The molecule has 3 rings (SSSR count).